The molecule has 18 heavy (non-hydrogen) atoms. The van der Waals surface area contributed by atoms with E-state index < -0.39 is 5.54 Å². The second-order valence-electron chi connectivity index (χ2n) is 5.56. The largest absolute Gasteiger partial charge is 0.468 e. The summed E-state index contributed by atoms with van der Waals surface area (Å²) in [5, 5.41) is 3.57. The number of carbonyl (C=O) groups is 1. The highest BCUT2D eigenvalue weighted by molar-refractivity contribution is 5.82. The van der Waals surface area contributed by atoms with Crippen LogP contribution < -0.4 is 5.32 Å². The van der Waals surface area contributed by atoms with Crippen LogP contribution in [0.1, 0.15) is 51.9 Å². The van der Waals surface area contributed by atoms with Gasteiger partial charge < -0.3 is 9.47 Å². The molecule has 1 heterocycles. The van der Waals surface area contributed by atoms with Gasteiger partial charge in [0, 0.05) is 19.1 Å². The van der Waals surface area contributed by atoms with Gasteiger partial charge in [0.25, 0.3) is 0 Å². The highest BCUT2D eigenvalue weighted by Gasteiger charge is 2.50. The molecule has 1 N–H and O–H groups in total. The molecule has 4 nitrogen and oxygen atoms in total. The van der Waals surface area contributed by atoms with Gasteiger partial charge in [0.05, 0.1) is 13.2 Å². The molecule has 1 aliphatic carbocycles. The van der Waals surface area contributed by atoms with Crippen LogP contribution in [0, 0.1) is 0 Å². The van der Waals surface area contributed by atoms with Gasteiger partial charge in [-0.1, -0.05) is 25.7 Å². The zero-order valence-corrected chi connectivity index (χ0v) is 11.5. The van der Waals surface area contributed by atoms with Gasteiger partial charge >= 0.3 is 5.97 Å². The SMILES string of the molecule is COC(=O)C1(NC2CCCCCC2)CCOC1C. The lowest BCUT2D eigenvalue weighted by atomic mass is 9.89. The summed E-state index contributed by atoms with van der Waals surface area (Å²) in [6, 6.07) is 0.427. The fourth-order valence-electron chi connectivity index (χ4n) is 3.23. The molecule has 2 unspecified atom stereocenters. The molecule has 2 atom stereocenters. The molecule has 0 radical (unpaired) electrons. The highest BCUT2D eigenvalue weighted by Crippen LogP contribution is 2.30. The van der Waals surface area contributed by atoms with Crippen molar-refractivity contribution in [2.75, 3.05) is 13.7 Å². The topological polar surface area (TPSA) is 47.6 Å². The molecule has 0 aromatic heterocycles. The first kappa shape index (κ1) is 13.8. The maximum atomic E-state index is 12.1. The Hall–Kier alpha value is -0.610. The lowest BCUT2D eigenvalue weighted by molar-refractivity contribution is -0.151. The van der Waals surface area contributed by atoms with E-state index in [4.69, 9.17) is 9.47 Å². The smallest absolute Gasteiger partial charge is 0.328 e. The summed E-state index contributed by atoms with van der Waals surface area (Å²) in [6.07, 6.45) is 8.07. The van der Waals surface area contributed by atoms with E-state index in [1.165, 1.54) is 32.8 Å². The fraction of sp³-hybridized carbons (Fsp3) is 0.929. The van der Waals surface area contributed by atoms with Crippen LogP contribution in [0.2, 0.25) is 0 Å². The van der Waals surface area contributed by atoms with Gasteiger partial charge in [-0.15, -0.1) is 0 Å². The third kappa shape index (κ3) is 2.69. The van der Waals surface area contributed by atoms with E-state index in [2.05, 4.69) is 5.32 Å². The number of rotatable bonds is 3. The van der Waals surface area contributed by atoms with Crippen molar-refractivity contribution in [2.45, 2.75) is 69.6 Å². The third-order valence-corrected chi connectivity index (χ3v) is 4.42. The van der Waals surface area contributed by atoms with E-state index in [1.807, 2.05) is 6.92 Å². The number of esters is 1. The number of hydrogen-bond acceptors (Lipinski definition) is 4. The zero-order valence-electron chi connectivity index (χ0n) is 11.5. The Morgan fingerprint density at radius 3 is 2.44 bits per heavy atom. The molecule has 4 heteroatoms. The minimum atomic E-state index is -0.621. The molecule has 0 spiro atoms. The van der Waals surface area contributed by atoms with Crippen LogP contribution in [0.25, 0.3) is 0 Å². The molecule has 2 rings (SSSR count). The molecule has 1 saturated carbocycles. The number of carbonyl (C=O) groups excluding carboxylic acids is 1. The Morgan fingerprint density at radius 2 is 1.94 bits per heavy atom. The van der Waals surface area contributed by atoms with Gasteiger partial charge in [0.1, 0.15) is 5.54 Å². The third-order valence-electron chi connectivity index (χ3n) is 4.42. The molecular formula is C14H25NO3. The van der Waals surface area contributed by atoms with Crippen molar-refractivity contribution in [3.05, 3.63) is 0 Å². The zero-order chi connectivity index (χ0) is 13.0. The number of ether oxygens (including phenoxy) is 2. The standard InChI is InChI=1S/C14H25NO3/c1-11-14(9-10-18-11,13(16)17-2)15-12-7-5-3-4-6-8-12/h11-12,15H,3-10H2,1-2H3. The van der Waals surface area contributed by atoms with Crippen LogP contribution in [-0.4, -0.2) is 37.4 Å². The summed E-state index contributed by atoms with van der Waals surface area (Å²) in [4.78, 5) is 12.1. The first-order valence-electron chi connectivity index (χ1n) is 7.17. The van der Waals surface area contributed by atoms with Gasteiger partial charge in [0.2, 0.25) is 0 Å². The van der Waals surface area contributed by atoms with E-state index in [0.29, 0.717) is 12.6 Å². The molecule has 1 aliphatic heterocycles. The van der Waals surface area contributed by atoms with Crippen molar-refractivity contribution in [1.82, 2.24) is 5.32 Å². The molecule has 104 valence electrons. The highest BCUT2D eigenvalue weighted by atomic mass is 16.5. The molecule has 0 aromatic carbocycles. The summed E-state index contributed by atoms with van der Waals surface area (Å²) in [5.74, 6) is -0.170. The van der Waals surface area contributed by atoms with E-state index in [-0.39, 0.29) is 12.1 Å². The van der Waals surface area contributed by atoms with Crippen LogP contribution in [0.15, 0.2) is 0 Å². The molecule has 2 fully saturated rings. The van der Waals surface area contributed by atoms with Crippen LogP contribution in [-0.2, 0) is 14.3 Å². The average molecular weight is 255 g/mol. The summed E-state index contributed by atoms with van der Waals surface area (Å²) >= 11 is 0. The lowest BCUT2D eigenvalue weighted by Crippen LogP contribution is -2.60. The quantitative estimate of drug-likeness (QED) is 0.619. The molecule has 0 amide bonds. The van der Waals surface area contributed by atoms with E-state index in [0.717, 1.165) is 19.3 Å². The van der Waals surface area contributed by atoms with Gasteiger partial charge in [-0.05, 0) is 19.8 Å². The lowest BCUT2D eigenvalue weighted by Gasteiger charge is -2.34. The molecule has 0 aromatic rings. The van der Waals surface area contributed by atoms with Crippen molar-refractivity contribution in [3.8, 4) is 0 Å². The first-order chi connectivity index (χ1) is 8.69. The Morgan fingerprint density at radius 1 is 1.28 bits per heavy atom. The van der Waals surface area contributed by atoms with E-state index in [9.17, 15) is 4.79 Å². The van der Waals surface area contributed by atoms with Crippen LogP contribution in [0.4, 0.5) is 0 Å². The van der Waals surface area contributed by atoms with Crippen molar-refractivity contribution in [3.63, 3.8) is 0 Å². The molecule has 1 saturated heterocycles. The van der Waals surface area contributed by atoms with Crippen LogP contribution >= 0.6 is 0 Å². The first-order valence-corrected chi connectivity index (χ1v) is 7.17. The van der Waals surface area contributed by atoms with E-state index >= 15 is 0 Å². The van der Waals surface area contributed by atoms with E-state index in [1.54, 1.807) is 0 Å². The normalized spacial score (nSPS) is 34.2. The minimum absolute atomic E-state index is 0.104. The summed E-state index contributed by atoms with van der Waals surface area (Å²) in [6.45, 7) is 2.60. The maximum absolute atomic E-state index is 12.1. The summed E-state index contributed by atoms with van der Waals surface area (Å²) in [5.41, 5.74) is -0.621. The maximum Gasteiger partial charge on any atom is 0.328 e. The summed E-state index contributed by atoms with van der Waals surface area (Å²) in [7, 11) is 1.46. The molecule has 0 bridgehead atoms. The summed E-state index contributed by atoms with van der Waals surface area (Å²) < 4.78 is 10.6. The van der Waals surface area contributed by atoms with Gasteiger partial charge in [0.15, 0.2) is 0 Å². The Balaban J connectivity index is 2.07. The van der Waals surface area contributed by atoms with Crippen molar-refractivity contribution < 1.29 is 14.3 Å². The van der Waals surface area contributed by atoms with Gasteiger partial charge in [-0.2, -0.15) is 0 Å². The van der Waals surface area contributed by atoms with Crippen molar-refractivity contribution in [2.24, 2.45) is 0 Å². The second kappa shape index (κ2) is 6.02. The minimum Gasteiger partial charge on any atom is -0.468 e. The average Bonchev–Trinajstić information content (AvgIpc) is 2.60. The number of nitrogens with one attached hydrogen (secondary N) is 1. The van der Waals surface area contributed by atoms with Crippen molar-refractivity contribution >= 4 is 5.97 Å². The predicted molar refractivity (Wildman–Crippen MR) is 69.4 cm³/mol. The monoisotopic (exact) mass is 255 g/mol. The Labute approximate surface area is 109 Å². The van der Waals surface area contributed by atoms with Crippen LogP contribution in [0.5, 0.6) is 0 Å². The molecule has 2 aliphatic rings. The second-order valence-corrected chi connectivity index (χ2v) is 5.56. The Bertz CT molecular complexity index is 287. The Kier molecular flexibility index (Phi) is 4.62. The molecular weight excluding hydrogens is 230 g/mol. The van der Waals surface area contributed by atoms with Crippen LogP contribution in [0.3, 0.4) is 0 Å². The number of hydrogen-bond donors (Lipinski definition) is 1. The van der Waals surface area contributed by atoms with Gasteiger partial charge in [-0.25, -0.2) is 4.79 Å². The van der Waals surface area contributed by atoms with Gasteiger partial charge in [-0.3, -0.25) is 5.32 Å². The fourth-order valence-corrected chi connectivity index (χ4v) is 3.23. The number of methoxy groups -OCH3 is 1. The van der Waals surface area contributed by atoms with Crippen molar-refractivity contribution in [1.29, 1.82) is 0 Å². The predicted octanol–water partition coefficient (Wildman–Crippen LogP) is 2.02.